The second-order valence-corrected chi connectivity index (χ2v) is 13.3. The Hall–Kier alpha value is -4.72. The number of ketones is 2. The molecule has 1 amide bonds. The first-order chi connectivity index (χ1) is 23.1. The van der Waals surface area contributed by atoms with Crippen molar-refractivity contribution < 1.29 is 49.1 Å². The van der Waals surface area contributed by atoms with Crippen LogP contribution in [0, 0.1) is 17.8 Å². The van der Waals surface area contributed by atoms with Crippen LogP contribution in [-0.4, -0.2) is 94.3 Å². The van der Waals surface area contributed by atoms with Gasteiger partial charge in [-0.3, -0.25) is 24.1 Å². The summed E-state index contributed by atoms with van der Waals surface area (Å²) >= 11 is 0. The van der Waals surface area contributed by atoms with Crippen molar-refractivity contribution in [1.29, 1.82) is 0 Å². The van der Waals surface area contributed by atoms with Crippen LogP contribution in [0.3, 0.4) is 0 Å². The van der Waals surface area contributed by atoms with Crippen LogP contribution < -0.4 is 15.8 Å². The number of carbonyl (C=O) groups excluding carboxylic acids is 4. The van der Waals surface area contributed by atoms with E-state index in [1.54, 1.807) is 33.2 Å². The van der Waals surface area contributed by atoms with Crippen LogP contribution in [0.2, 0.25) is 0 Å². The van der Waals surface area contributed by atoms with E-state index >= 15 is 0 Å². The molecule has 0 fully saturated rings. The standard InChI is InChI=1S/C36H43N3O10/c1-7-49-35(46)28(16(2)3)38-15-17-8-11-24(48-6)20(12-17)19-9-10-23(40)26-21(19)13-18-14-22-29(39(4)5)31(42)27(34(37)45)33(44)36(22,47)32(43)25(18)30(26)41/h8-12,16,18,22,28-29,38,40,42-43,47H,7,13-15H2,1-6H3,(H2,37,45)/t18-,22-,28?,29?,36-/m1/s1. The molecule has 3 aliphatic rings. The number of rotatable bonds is 10. The van der Waals surface area contributed by atoms with Crippen molar-refractivity contribution in [1.82, 2.24) is 10.2 Å². The highest BCUT2D eigenvalue weighted by Gasteiger charge is 2.63. The van der Waals surface area contributed by atoms with E-state index < -0.39 is 64.1 Å². The van der Waals surface area contributed by atoms with Crippen molar-refractivity contribution in [2.45, 2.75) is 57.8 Å². The number of hydrogen-bond donors (Lipinski definition) is 6. The Morgan fingerprint density at radius 3 is 2.39 bits per heavy atom. The van der Waals surface area contributed by atoms with Gasteiger partial charge in [-0.1, -0.05) is 26.0 Å². The Labute approximate surface area is 284 Å². The number of aliphatic hydroxyl groups excluding tert-OH is 2. The van der Waals surface area contributed by atoms with Crippen LogP contribution in [0.4, 0.5) is 0 Å². The van der Waals surface area contributed by atoms with Crippen molar-refractivity contribution in [3.05, 3.63) is 69.7 Å². The monoisotopic (exact) mass is 677 g/mol. The fraction of sp³-hybridized carbons (Fsp3) is 0.444. The van der Waals surface area contributed by atoms with E-state index in [9.17, 15) is 39.6 Å². The SMILES string of the molecule is CCOC(=O)C(NCc1ccc(OC)c(-c2ccc(O)c3c2C[C@@H]2C[C@@H]4C(N(C)C)C(O)=C(C(N)=O)C(=O)[C@]4(O)C(O)=C2C3=O)c1)C(C)C. The largest absolute Gasteiger partial charge is 0.510 e. The number of phenols is 1. The summed E-state index contributed by atoms with van der Waals surface area (Å²) in [6.45, 7) is 6.15. The lowest BCUT2D eigenvalue weighted by Gasteiger charge is -2.50. The number of ether oxygens (including phenoxy) is 2. The minimum atomic E-state index is -2.72. The third kappa shape index (κ3) is 5.75. The van der Waals surface area contributed by atoms with Crippen molar-refractivity contribution in [2.24, 2.45) is 23.5 Å². The van der Waals surface area contributed by atoms with E-state index in [2.05, 4.69) is 5.32 Å². The molecule has 49 heavy (non-hydrogen) atoms. The molecule has 13 nitrogen and oxygen atoms in total. The molecule has 0 saturated carbocycles. The highest BCUT2D eigenvalue weighted by molar-refractivity contribution is 6.25. The zero-order valence-corrected chi connectivity index (χ0v) is 28.4. The van der Waals surface area contributed by atoms with Crippen LogP contribution >= 0.6 is 0 Å². The maximum Gasteiger partial charge on any atom is 0.323 e. The lowest BCUT2D eigenvalue weighted by atomic mass is 9.58. The van der Waals surface area contributed by atoms with E-state index in [4.69, 9.17) is 15.2 Å². The van der Waals surface area contributed by atoms with Gasteiger partial charge in [0.1, 0.15) is 34.6 Å². The zero-order chi connectivity index (χ0) is 36.1. The van der Waals surface area contributed by atoms with Gasteiger partial charge in [0.2, 0.25) is 5.78 Å². The molecular formula is C36H43N3O10. The predicted octanol–water partition coefficient (Wildman–Crippen LogP) is 2.47. The van der Waals surface area contributed by atoms with Crippen LogP contribution in [-0.2, 0) is 32.1 Å². The molecule has 0 aromatic heterocycles. The molecule has 2 aromatic carbocycles. The number of likely N-dealkylation sites (N-methyl/N-ethyl adjacent to an activating group) is 1. The molecule has 0 aliphatic heterocycles. The van der Waals surface area contributed by atoms with Crippen molar-refractivity contribution in [2.75, 3.05) is 27.8 Å². The second kappa shape index (κ2) is 13.3. The van der Waals surface area contributed by atoms with Gasteiger partial charge >= 0.3 is 5.97 Å². The number of nitrogens with one attached hydrogen (secondary N) is 1. The summed E-state index contributed by atoms with van der Waals surface area (Å²) in [5, 5.41) is 48.8. The normalized spacial score (nSPS) is 24.1. The third-order valence-corrected chi connectivity index (χ3v) is 9.89. The maximum atomic E-state index is 14.2. The van der Waals surface area contributed by atoms with Crippen LogP contribution in [0.1, 0.15) is 48.7 Å². The smallest absolute Gasteiger partial charge is 0.323 e. The fourth-order valence-corrected chi connectivity index (χ4v) is 7.63. The van der Waals surface area contributed by atoms with E-state index in [0.29, 0.717) is 29.0 Å². The van der Waals surface area contributed by atoms with Crippen molar-refractivity contribution in [3.63, 3.8) is 0 Å². The lowest BCUT2D eigenvalue weighted by Crippen LogP contribution is -2.63. The number of amides is 1. The molecule has 13 heteroatoms. The second-order valence-electron chi connectivity index (χ2n) is 13.3. The number of primary amides is 1. The molecule has 5 atom stereocenters. The van der Waals surface area contributed by atoms with Crippen molar-refractivity contribution in [3.8, 4) is 22.6 Å². The molecular weight excluding hydrogens is 634 g/mol. The summed E-state index contributed by atoms with van der Waals surface area (Å²) in [7, 11) is 4.66. The number of nitrogens with zero attached hydrogens (tertiary/aromatic N) is 1. The van der Waals surface area contributed by atoms with Gasteiger partial charge in [-0.25, -0.2) is 0 Å². The first-order valence-electron chi connectivity index (χ1n) is 16.2. The average molecular weight is 678 g/mol. The summed E-state index contributed by atoms with van der Waals surface area (Å²) in [6, 6.07) is 6.86. The van der Waals surface area contributed by atoms with Crippen LogP contribution in [0.25, 0.3) is 11.1 Å². The minimum absolute atomic E-state index is 0.0353. The molecule has 2 unspecified atom stereocenters. The van der Waals surface area contributed by atoms with Crippen molar-refractivity contribution >= 4 is 23.4 Å². The Morgan fingerprint density at radius 2 is 1.80 bits per heavy atom. The van der Waals surface area contributed by atoms with Gasteiger partial charge in [-0.05, 0) is 80.6 Å². The molecule has 0 bridgehead atoms. The fourth-order valence-electron chi connectivity index (χ4n) is 7.63. The number of phenolic OH excluding ortho intramolecular Hbond substituents is 1. The number of allylic oxidation sites excluding steroid dienone is 1. The van der Waals surface area contributed by atoms with E-state index in [0.717, 1.165) is 5.56 Å². The predicted molar refractivity (Wildman–Crippen MR) is 178 cm³/mol. The van der Waals surface area contributed by atoms with Gasteiger partial charge in [0.05, 0.1) is 25.3 Å². The maximum absolute atomic E-state index is 14.2. The Kier molecular flexibility index (Phi) is 9.66. The molecule has 3 aliphatic carbocycles. The lowest BCUT2D eigenvalue weighted by molar-refractivity contribution is -0.148. The number of esters is 1. The number of aliphatic hydroxyl groups is 3. The molecule has 5 rings (SSSR count). The van der Waals surface area contributed by atoms with E-state index in [1.807, 2.05) is 26.0 Å². The highest BCUT2D eigenvalue weighted by Crippen LogP contribution is 2.53. The third-order valence-electron chi connectivity index (χ3n) is 9.89. The Balaban J connectivity index is 1.61. The van der Waals surface area contributed by atoms with Gasteiger partial charge in [0.15, 0.2) is 11.4 Å². The minimum Gasteiger partial charge on any atom is -0.510 e. The summed E-state index contributed by atoms with van der Waals surface area (Å²) < 4.78 is 10.9. The number of benzene rings is 2. The summed E-state index contributed by atoms with van der Waals surface area (Å²) in [5.74, 6) is -7.06. The Morgan fingerprint density at radius 1 is 1.10 bits per heavy atom. The molecule has 2 aromatic rings. The average Bonchev–Trinajstić information content (AvgIpc) is 3.02. The first kappa shape index (κ1) is 35.6. The Bertz CT molecular complexity index is 1790. The number of methoxy groups -OCH3 is 1. The topological polar surface area (TPSA) is 209 Å². The van der Waals surface area contributed by atoms with Crippen LogP contribution in [0.15, 0.2) is 53.0 Å². The number of aromatic hydroxyl groups is 1. The van der Waals surface area contributed by atoms with Crippen LogP contribution in [0.5, 0.6) is 11.5 Å². The van der Waals surface area contributed by atoms with E-state index in [1.165, 1.54) is 18.1 Å². The highest BCUT2D eigenvalue weighted by atomic mass is 16.5. The molecule has 0 radical (unpaired) electrons. The quantitative estimate of drug-likeness (QED) is 0.158. The summed E-state index contributed by atoms with van der Waals surface area (Å²) in [4.78, 5) is 54.1. The summed E-state index contributed by atoms with van der Waals surface area (Å²) in [5.41, 5.74) is 3.95. The number of nitrogens with two attached hydrogens (primary N) is 1. The molecule has 0 spiro atoms. The number of Topliss-reactive ketones (excluding diaryl/α,β-unsaturated/α-hetero) is 2. The molecule has 262 valence electrons. The number of fused-ring (bicyclic) bond motifs is 3. The molecule has 0 saturated heterocycles. The number of carbonyl (C=O) groups is 4. The van der Waals surface area contributed by atoms with Gasteiger partial charge in [0.25, 0.3) is 5.91 Å². The summed E-state index contributed by atoms with van der Waals surface area (Å²) in [6.07, 6.45) is 0.0780. The van der Waals surface area contributed by atoms with Gasteiger partial charge < -0.3 is 41.0 Å². The van der Waals surface area contributed by atoms with Gasteiger partial charge in [-0.15, -0.1) is 0 Å². The van der Waals surface area contributed by atoms with Gasteiger partial charge in [0, 0.05) is 23.6 Å². The first-order valence-corrected chi connectivity index (χ1v) is 16.2. The van der Waals surface area contributed by atoms with E-state index in [-0.39, 0.29) is 48.2 Å². The van der Waals surface area contributed by atoms with Gasteiger partial charge in [-0.2, -0.15) is 0 Å². The number of hydrogen-bond acceptors (Lipinski definition) is 12. The molecule has 0 heterocycles. The molecule has 7 N–H and O–H groups in total. The zero-order valence-electron chi connectivity index (χ0n) is 28.4.